The van der Waals surface area contributed by atoms with Crippen molar-refractivity contribution in [3.63, 3.8) is 0 Å². The van der Waals surface area contributed by atoms with Crippen LogP contribution in [-0.4, -0.2) is 36.9 Å². The van der Waals surface area contributed by atoms with Crippen molar-refractivity contribution in [2.45, 2.75) is 31.6 Å². The average molecular weight is 491 g/mol. The second-order valence-corrected chi connectivity index (χ2v) is 10.5. The van der Waals surface area contributed by atoms with Gasteiger partial charge in [0.05, 0.1) is 17.6 Å². The Morgan fingerprint density at radius 3 is 2.54 bits per heavy atom. The SMILES string of the molecule is Cc1ccc(/C=C/c2onc(C)c2S(=O)(=O)N2CCC[C@H](C(=O)Nc3ccc(C#N)cc3)C2)cc1. The maximum atomic E-state index is 13.6. The Labute approximate surface area is 204 Å². The molecular formula is C26H26N4O4S. The van der Waals surface area contributed by atoms with E-state index in [-0.39, 0.29) is 28.8 Å². The molecule has 9 heteroatoms. The molecule has 2 heterocycles. The van der Waals surface area contributed by atoms with Crippen LogP contribution in [0.5, 0.6) is 0 Å². The maximum absolute atomic E-state index is 13.6. The van der Waals surface area contributed by atoms with Gasteiger partial charge in [-0.25, -0.2) is 8.42 Å². The normalized spacial score (nSPS) is 16.8. The summed E-state index contributed by atoms with van der Waals surface area (Å²) >= 11 is 0. The molecule has 1 atom stereocenters. The molecule has 1 N–H and O–H groups in total. The van der Waals surface area contributed by atoms with Gasteiger partial charge in [-0.3, -0.25) is 4.79 Å². The number of hydrogen-bond acceptors (Lipinski definition) is 6. The van der Waals surface area contributed by atoms with E-state index in [0.29, 0.717) is 30.6 Å². The number of nitrogens with one attached hydrogen (secondary N) is 1. The predicted molar refractivity (Wildman–Crippen MR) is 133 cm³/mol. The monoisotopic (exact) mass is 490 g/mol. The minimum Gasteiger partial charge on any atom is -0.355 e. The molecule has 180 valence electrons. The van der Waals surface area contributed by atoms with E-state index in [1.807, 2.05) is 37.3 Å². The standard InChI is InChI=1S/C26H26N4O4S/c1-18-5-7-20(8-6-18)11-14-24-25(19(2)29-34-24)35(32,33)30-15-3-4-22(17-30)26(31)28-23-12-9-21(16-27)10-13-23/h5-14,22H,3-4,15,17H2,1-2H3,(H,28,31)/b14-11+/t22-/m0/s1. The molecular weight excluding hydrogens is 464 g/mol. The number of amides is 1. The van der Waals surface area contributed by atoms with Gasteiger partial charge in [0, 0.05) is 18.8 Å². The fraction of sp³-hybridized carbons (Fsp3) is 0.269. The van der Waals surface area contributed by atoms with E-state index in [1.54, 1.807) is 43.3 Å². The topological polar surface area (TPSA) is 116 Å². The van der Waals surface area contributed by atoms with Crippen LogP contribution in [0.4, 0.5) is 5.69 Å². The van der Waals surface area contributed by atoms with Crippen molar-refractivity contribution in [3.8, 4) is 6.07 Å². The van der Waals surface area contributed by atoms with E-state index in [9.17, 15) is 13.2 Å². The Balaban J connectivity index is 1.51. The summed E-state index contributed by atoms with van der Waals surface area (Å²) in [5.41, 5.74) is 3.37. The Kier molecular flexibility index (Phi) is 7.15. The minimum atomic E-state index is -3.93. The lowest BCUT2D eigenvalue weighted by molar-refractivity contribution is -0.120. The van der Waals surface area contributed by atoms with Crippen LogP contribution in [0, 0.1) is 31.1 Å². The zero-order valence-electron chi connectivity index (χ0n) is 19.6. The van der Waals surface area contributed by atoms with E-state index in [4.69, 9.17) is 9.78 Å². The van der Waals surface area contributed by atoms with E-state index in [1.165, 1.54) is 4.31 Å². The molecule has 2 aromatic carbocycles. The number of rotatable bonds is 6. The molecule has 35 heavy (non-hydrogen) atoms. The molecule has 1 fully saturated rings. The third-order valence-corrected chi connectivity index (χ3v) is 8.00. The van der Waals surface area contributed by atoms with Crippen LogP contribution < -0.4 is 5.32 Å². The van der Waals surface area contributed by atoms with Crippen LogP contribution in [0.1, 0.15) is 41.0 Å². The molecule has 0 aliphatic carbocycles. The van der Waals surface area contributed by atoms with Gasteiger partial charge >= 0.3 is 0 Å². The molecule has 0 bridgehead atoms. The van der Waals surface area contributed by atoms with Crippen LogP contribution in [0.25, 0.3) is 12.2 Å². The number of piperidine rings is 1. The second kappa shape index (κ2) is 10.3. The number of nitrogens with zero attached hydrogens (tertiary/aromatic N) is 3. The molecule has 8 nitrogen and oxygen atoms in total. The molecule has 3 aromatic rings. The van der Waals surface area contributed by atoms with Crippen molar-refractivity contribution < 1.29 is 17.7 Å². The summed E-state index contributed by atoms with van der Waals surface area (Å²) in [6.07, 6.45) is 4.53. The molecule has 1 amide bonds. The minimum absolute atomic E-state index is 0.0222. The number of anilines is 1. The van der Waals surface area contributed by atoms with Crippen LogP contribution in [0.3, 0.4) is 0 Å². The molecule has 1 aliphatic heterocycles. The first-order valence-corrected chi connectivity index (χ1v) is 12.7. The Hall–Kier alpha value is -3.74. The zero-order valence-corrected chi connectivity index (χ0v) is 20.4. The summed E-state index contributed by atoms with van der Waals surface area (Å²) in [7, 11) is -3.93. The summed E-state index contributed by atoms with van der Waals surface area (Å²) in [5, 5.41) is 15.6. The van der Waals surface area contributed by atoms with Gasteiger partial charge in [-0.2, -0.15) is 9.57 Å². The van der Waals surface area contributed by atoms with E-state index >= 15 is 0 Å². The highest BCUT2D eigenvalue weighted by atomic mass is 32.2. The van der Waals surface area contributed by atoms with Gasteiger partial charge in [-0.15, -0.1) is 0 Å². The number of carbonyl (C=O) groups excluding carboxylic acids is 1. The third kappa shape index (κ3) is 5.50. The highest BCUT2D eigenvalue weighted by molar-refractivity contribution is 7.89. The van der Waals surface area contributed by atoms with Crippen LogP contribution in [-0.2, 0) is 14.8 Å². The quantitative estimate of drug-likeness (QED) is 0.548. The first kappa shape index (κ1) is 24.4. The number of hydrogen-bond donors (Lipinski definition) is 1. The smallest absolute Gasteiger partial charge is 0.248 e. The largest absolute Gasteiger partial charge is 0.355 e. The van der Waals surface area contributed by atoms with Crippen LogP contribution >= 0.6 is 0 Å². The lowest BCUT2D eigenvalue weighted by Crippen LogP contribution is -2.43. The fourth-order valence-corrected chi connectivity index (χ4v) is 5.80. The Bertz CT molecular complexity index is 1380. The number of aryl methyl sites for hydroxylation is 2. The van der Waals surface area contributed by atoms with Crippen molar-refractivity contribution in [1.29, 1.82) is 5.26 Å². The molecule has 4 rings (SSSR count). The molecule has 0 unspecified atom stereocenters. The van der Waals surface area contributed by atoms with Gasteiger partial charge in [0.2, 0.25) is 15.9 Å². The molecule has 0 spiro atoms. The Morgan fingerprint density at radius 1 is 1.14 bits per heavy atom. The molecule has 1 saturated heterocycles. The van der Waals surface area contributed by atoms with Crippen molar-refractivity contribution >= 4 is 33.8 Å². The highest BCUT2D eigenvalue weighted by Crippen LogP contribution is 2.29. The van der Waals surface area contributed by atoms with Crippen LogP contribution in [0.2, 0.25) is 0 Å². The third-order valence-electron chi connectivity index (χ3n) is 5.97. The number of sulfonamides is 1. The number of aromatic nitrogens is 1. The van der Waals surface area contributed by atoms with Gasteiger partial charge in [0.15, 0.2) is 10.7 Å². The molecule has 1 aliphatic rings. The number of nitriles is 1. The van der Waals surface area contributed by atoms with E-state index in [0.717, 1.165) is 11.1 Å². The van der Waals surface area contributed by atoms with Crippen molar-refractivity contribution in [1.82, 2.24) is 9.46 Å². The molecule has 0 saturated carbocycles. The van der Waals surface area contributed by atoms with Gasteiger partial charge < -0.3 is 9.84 Å². The summed E-state index contributed by atoms with van der Waals surface area (Å²) < 4.78 is 33.8. The Morgan fingerprint density at radius 2 is 1.86 bits per heavy atom. The highest BCUT2D eigenvalue weighted by Gasteiger charge is 2.37. The average Bonchev–Trinajstić information content (AvgIpc) is 3.25. The van der Waals surface area contributed by atoms with Crippen molar-refractivity contribution in [2.24, 2.45) is 5.92 Å². The fourth-order valence-electron chi connectivity index (χ4n) is 4.02. The van der Waals surface area contributed by atoms with Gasteiger partial charge in [0.1, 0.15) is 5.69 Å². The summed E-state index contributed by atoms with van der Waals surface area (Å²) in [4.78, 5) is 12.9. The predicted octanol–water partition coefficient (Wildman–Crippen LogP) is 4.37. The van der Waals surface area contributed by atoms with Crippen molar-refractivity contribution in [2.75, 3.05) is 18.4 Å². The first-order chi connectivity index (χ1) is 16.8. The summed E-state index contributed by atoms with van der Waals surface area (Å²) in [6, 6.07) is 16.4. The van der Waals surface area contributed by atoms with E-state index < -0.39 is 15.9 Å². The summed E-state index contributed by atoms with van der Waals surface area (Å²) in [6.45, 7) is 3.97. The lowest BCUT2D eigenvalue weighted by atomic mass is 9.98. The number of benzene rings is 2. The maximum Gasteiger partial charge on any atom is 0.248 e. The lowest BCUT2D eigenvalue weighted by Gasteiger charge is -2.31. The first-order valence-electron chi connectivity index (χ1n) is 11.3. The van der Waals surface area contributed by atoms with Crippen molar-refractivity contribution in [3.05, 3.63) is 76.7 Å². The zero-order chi connectivity index (χ0) is 25.0. The van der Waals surface area contributed by atoms with Gasteiger partial charge in [0.25, 0.3) is 0 Å². The van der Waals surface area contributed by atoms with Gasteiger partial charge in [-0.05, 0) is 62.6 Å². The molecule has 1 aromatic heterocycles. The molecule has 0 radical (unpaired) electrons. The second-order valence-electron chi connectivity index (χ2n) is 8.59. The number of carbonyl (C=O) groups is 1. The van der Waals surface area contributed by atoms with Gasteiger partial charge in [-0.1, -0.05) is 41.1 Å². The summed E-state index contributed by atoms with van der Waals surface area (Å²) in [5.74, 6) is -0.593. The van der Waals surface area contributed by atoms with Crippen LogP contribution in [0.15, 0.2) is 57.9 Å². The van der Waals surface area contributed by atoms with E-state index in [2.05, 4.69) is 10.5 Å².